The molecule has 0 aromatic heterocycles. The van der Waals surface area contributed by atoms with Crippen molar-refractivity contribution in [3.8, 4) is 0 Å². The Labute approximate surface area is 111 Å². The fourth-order valence-corrected chi connectivity index (χ4v) is 1.73. The van der Waals surface area contributed by atoms with Gasteiger partial charge in [-0.15, -0.1) is 0 Å². The second-order valence-electron chi connectivity index (χ2n) is 4.74. The molecule has 0 saturated heterocycles. The normalized spacial score (nSPS) is 13.2. The first-order valence-electron chi connectivity index (χ1n) is 5.65. The summed E-state index contributed by atoms with van der Waals surface area (Å²) in [4.78, 5) is 12.1. The lowest BCUT2D eigenvalue weighted by molar-refractivity contribution is -0.126. The zero-order valence-corrected chi connectivity index (χ0v) is 12.0. The van der Waals surface area contributed by atoms with Crippen LogP contribution in [0.15, 0.2) is 28.7 Å². The summed E-state index contributed by atoms with van der Waals surface area (Å²) in [6.07, 6.45) is 0. The number of carbonyl (C=O) groups excluding carboxylic acids is 1. The van der Waals surface area contributed by atoms with Crippen LogP contribution in [0.5, 0.6) is 0 Å². The summed E-state index contributed by atoms with van der Waals surface area (Å²) in [5.74, 6) is -0.00206. The number of nitrogens with one attached hydrogen (secondary N) is 1. The van der Waals surface area contributed by atoms with Gasteiger partial charge in [0.15, 0.2) is 0 Å². The molecule has 1 aromatic carbocycles. The number of halogens is 1. The molecular formula is C13H19BrN2O. The summed E-state index contributed by atoms with van der Waals surface area (Å²) >= 11 is 3.38. The number of rotatable bonds is 4. The molecule has 1 aromatic rings. The van der Waals surface area contributed by atoms with Gasteiger partial charge in [-0.1, -0.05) is 28.1 Å². The van der Waals surface area contributed by atoms with Crippen molar-refractivity contribution in [1.29, 1.82) is 0 Å². The average molecular weight is 299 g/mol. The zero-order valence-electron chi connectivity index (χ0n) is 10.5. The first kappa shape index (κ1) is 14.2. The number of hydrogen-bond donors (Lipinski definition) is 2. The minimum absolute atomic E-state index is 0.00206. The van der Waals surface area contributed by atoms with Crippen LogP contribution in [0.3, 0.4) is 0 Å². The van der Waals surface area contributed by atoms with Crippen LogP contribution in [0, 0.1) is 0 Å². The number of hydrogen-bond acceptors (Lipinski definition) is 2. The Bertz CT molecular complexity index is 387. The lowest BCUT2D eigenvalue weighted by atomic mass is 9.83. The lowest BCUT2D eigenvalue weighted by Gasteiger charge is -2.26. The van der Waals surface area contributed by atoms with E-state index in [0.717, 1.165) is 10.0 Å². The topological polar surface area (TPSA) is 55.1 Å². The molecule has 1 amide bonds. The van der Waals surface area contributed by atoms with Gasteiger partial charge in [0, 0.05) is 17.1 Å². The maximum Gasteiger partial charge on any atom is 0.230 e. The van der Waals surface area contributed by atoms with Gasteiger partial charge in [-0.25, -0.2) is 0 Å². The van der Waals surface area contributed by atoms with Gasteiger partial charge >= 0.3 is 0 Å². The molecule has 0 heterocycles. The van der Waals surface area contributed by atoms with Crippen molar-refractivity contribution in [3.63, 3.8) is 0 Å². The second-order valence-corrected chi connectivity index (χ2v) is 5.66. The molecule has 0 aliphatic rings. The highest BCUT2D eigenvalue weighted by molar-refractivity contribution is 9.10. The predicted octanol–water partition coefficient (Wildman–Crippen LogP) is 2.19. The number of amides is 1. The molecule has 0 fully saturated rings. The van der Waals surface area contributed by atoms with Crippen LogP contribution in [0.25, 0.3) is 0 Å². The van der Waals surface area contributed by atoms with Crippen LogP contribution < -0.4 is 11.1 Å². The van der Waals surface area contributed by atoms with Gasteiger partial charge in [0.1, 0.15) is 0 Å². The van der Waals surface area contributed by atoms with Gasteiger partial charge in [0.25, 0.3) is 0 Å². The van der Waals surface area contributed by atoms with Crippen molar-refractivity contribution in [1.82, 2.24) is 5.32 Å². The highest BCUT2D eigenvalue weighted by atomic mass is 79.9. The van der Waals surface area contributed by atoms with Gasteiger partial charge < -0.3 is 11.1 Å². The largest absolute Gasteiger partial charge is 0.352 e. The first-order valence-corrected chi connectivity index (χ1v) is 6.44. The summed E-state index contributed by atoms with van der Waals surface area (Å²) in [5, 5.41) is 2.91. The van der Waals surface area contributed by atoms with Crippen LogP contribution in [0.4, 0.5) is 0 Å². The molecule has 0 bridgehead atoms. The highest BCUT2D eigenvalue weighted by Gasteiger charge is 2.30. The third-order valence-corrected chi connectivity index (χ3v) is 3.39. The Morgan fingerprint density at radius 1 is 1.41 bits per heavy atom. The van der Waals surface area contributed by atoms with Gasteiger partial charge in [-0.05, 0) is 38.5 Å². The summed E-state index contributed by atoms with van der Waals surface area (Å²) < 4.78 is 1.01. The minimum atomic E-state index is -0.551. The van der Waals surface area contributed by atoms with E-state index in [4.69, 9.17) is 5.73 Å². The van der Waals surface area contributed by atoms with Gasteiger partial charge in [0.2, 0.25) is 5.91 Å². The molecule has 0 unspecified atom stereocenters. The molecule has 17 heavy (non-hydrogen) atoms. The van der Waals surface area contributed by atoms with Crippen molar-refractivity contribution >= 4 is 21.8 Å². The minimum Gasteiger partial charge on any atom is -0.352 e. The SMILES string of the molecule is C[C@@H](CN)NC(=O)C(C)(C)c1ccc(Br)cc1. The van der Waals surface area contributed by atoms with Crippen LogP contribution in [0.1, 0.15) is 26.3 Å². The number of benzene rings is 1. The molecule has 0 aliphatic carbocycles. The standard InChI is InChI=1S/C13H19BrN2O/c1-9(8-15)16-12(17)13(2,3)10-4-6-11(14)7-5-10/h4-7,9H,8,15H2,1-3H3,(H,16,17)/t9-/m0/s1. The smallest absolute Gasteiger partial charge is 0.230 e. The Morgan fingerprint density at radius 3 is 2.41 bits per heavy atom. The van der Waals surface area contributed by atoms with E-state index in [2.05, 4.69) is 21.2 Å². The van der Waals surface area contributed by atoms with E-state index in [1.54, 1.807) is 0 Å². The third-order valence-electron chi connectivity index (χ3n) is 2.86. The first-order chi connectivity index (χ1) is 7.87. The number of carbonyl (C=O) groups is 1. The predicted molar refractivity (Wildman–Crippen MR) is 73.8 cm³/mol. The van der Waals surface area contributed by atoms with Crippen molar-refractivity contribution in [2.24, 2.45) is 5.73 Å². The van der Waals surface area contributed by atoms with E-state index in [9.17, 15) is 4.79 Å². The van der Waals surface area contributed by atoms with Crippen molar-refractivity contribution in [2.75, 3.05) is 6.54 Å². The molecule has 4 heteroatoms. The summed E-state index contributed by atoms with van der Waals surface area (Å²) in [6.45, 7) is 6.17. The van der Waals surface area contributed by atoms with Gasteiger partial charge in [-0.2, -0.15) is 0 Å². The van der Waals surface area contributed by atoms with Crippen LogP contribution in [-0.4, -0.2) is 18.5 Å². The molecule has 1 rings (SSSR count). The lowest BCUT2D eigenvalue weighted by Crippen LogP contribution is -2.46. The van der Waals surface area contributed by atoms with E-state index in [-0.39, 0.29) is 11.9 Å². The molecule has 0 saturated carbocycles. The monoisotopic (exact) mass is 298 g/mol. The Hall–Kier alpha value is -0.870. The zero-order chi connectivity index (χ0) is 13.1. The fourth-order valence-electron chi connectivity index (χ4n) is 1.46. The Balaban J connectivity index is 2.86. The summed E-state index contributed by atoms with van der Waals surface area (Å²) in [5.41, 5.74) is 5.94. The summed E-state index contributed by atoms with van der Waals surface area (Å²) in [6, 6.07) is 7.79. The van der Waals surface area contributed by atoms with Crippen LogP contribution in [-0.2, 0) is 10.2 Å². The highest BCUT2D eigenvalue weighted by Crippen LogP contribution is 2.25. The van der Waals surface area contributed by atoms with E-state index in [1.807, 2.05) is 45.0 Å². The van der Waals surface area contributed by atoms with E-state index < -0.39 is 5.41 Å². The van der Waals surface area contributed by atoms with E-state index in [1.165, 1.54) is 0 Å². The fraction of sp³-hybridized carbons (Fsp3) is 0.462. The molecule has 94 valence electrons. The Kier molecular flexibility index (Phi) is 4.71. The average Bonchev–Trinajstić information content (AvgIpc) is 2.29. The quantitative estimate of drug-likeness (QED) is 0.895. The van der Waals surface area contributed by atoms with Crippen molar-refractivity contribution < 1.29 is 4.79 Å². The molecular weight excluding hydrogens is 280 g/mol. The van der Waals surface area contributed by atoms with Gasteiger partial charge in [0.05, 0.1) is 5.41 Å². The molecule has 0 radical (unpaired) electrons. The number of nitrogens with two attached hydrogens (primary N) is 1. The van der Waals surface area contributed by atoms with Crippen LogP contribution in [0.2, 0.25) is 0 Å². The van der Waals surface area contributed by atoms with Crippen molar-refractivity contribution in [3.05, 3.63) is 34.3 Å². The molecule has 3 nitrogen and oxygen atoms in total. The Morgan fingerprint density at radius 2 is 1.94 bits per heavy atom. The molecule has 1 atom stereocenters. The molecule has 3 N–H and O–H groups in total. The molecule has 0 aliphatic heterocycles. The maximum atomic E-state index is 12.1. The molecule has 0 spiro atoms. The summed E-state index contributed by atoms with van der Waals surface area (Å²) in [7, 11) is 0. The van der Waals surface area contributed by atoms with E-state index in [0.29, 0.717) is 6.54 Å². The maximum absolute atomic E-state index is 12.1. The van der Waals surface area contributed by atoms with Crippen molar-refractivity contribution in [2.45, 2.75) is 32.2 Å². The van der Waals surface area contributed by atoms with Gasteiger partial charge in [-0.3, -0.25) is 4.79 Å². The van der Waals surface area contributed by atoms with Crippen LogP contribution >= 0.6 is 15.9 Å². The van der Waals surface area contributed by atoms with E-state index >= 15 is 0 Å². The second kappa shape index (κ2) is 5.65. The third kappa shape index (κ3) is 3.54.